The van der Waals surface area contributed by atoms with Crippen LogP contribution in [0.2, 0.25) is 0 Å². The van der Waals surface area contributed by atoms with Gasteiger partial charge >= 0.3 is 0 Å². The molecule has 0 unspecified atom stereocenters. The van der Waals surface area contributed by atoms with Gasteiger partial charge in [0.15, 0.2) is 0 Å². The minimum atomic E-state index is 0.283. The van der Waals surface area contributed by atoms with Crippen LogP contribution in [0.1, 0.15) is 98.8 Å². The Morgan fingerprint density at radius 2 is 1.75 bits per heavy atom. The van der Waals surface area contributed by atoms with Crippen molar-refractivity contribution in [3.05, 3.63) is 12.2 Å². The Hall–Kier alpha value is 0.0300. The molecule has 0 aliphatic heterocycles. The molecule has 160 valence electrons. The first kappa shape index (κ1) is 21.3. The zero-order valence-electron chi connectivity index (χ0n) is 19.2. The third kappa shape index (κ3) is 3.52. The molecule has 0 amide bonds. The zero-order chi connectivity index (χ0) is 20.1. The molecule has 0 saturated heterocycles. The standard InChI is InChI=1S/C27H45Cl/c1-18(2)7-6-8-19(3)23-11-12-24-22-10-9-20-17-21(28)13-15-26(20,4)25(22)14-16-27(23,24)5/h13,15,18-25H,6-12,14,16-17H2,1-5H3/t19-,20+,21-,22+,23+,24-,25-,26+,27-/m1/s1. The van der Waals surface area contributed by atoms with E-state index in [2.05, 4.69) is 46.8 Å². The molecule has 0 aromatic carbocycles. The van der Waals surface area contributed by atoms with Crippen molar-refractivity contribution >= 4 is 11.6 Å². The number of allylic oxidation sites excluding steroid dienone is 2. The number of alkyl halides is 1. The third-order valence-corrected chi connectivity index (χ3v) is 10.7. The SMILES string of the molecule is CC(C)CCC[C@@H](C)[C@@H]1CC[C@@H]2[C@@H]3CC[C@H]4C[C@H](Cl)C=C[C@]4(C)[C@@H]3CC[C@@]21C. The van der Waals surface area contributed by atoms with Gasteiger partial charge in [0.05, 0.1) is 5.38 Å². The van der Waals surface area contributed by atoms with Crippen LogP contribution < -0.4 is 0 Å². The second-order valence-corrected chi connectivity index (χ2v) is 12.7. The molecule has 0 spiro atoms. The maximum atomic E-state index is 6.51. The fraction of sp³-hybridized carbons (Fsp3) is 0.926. The van der Waals surface area contributed by atoms with E-state index in [4.69, 9.17) is 11.6 Å². The van der Waals surface area contributed by atoms with E-state index < -0.39 is 0 Å². The molecule has 4 aliphatic rings. The highest BCUT2D eigenvalue weighted by Gasteiger charge is 2.59. The van der Waals surface area contributed by atoms with E-state index in [-0.39, 0.29) is 5.38 Å². The molecule has 0 nitrogen and oxygen atoms in total. The lowest BCUT2D eigenvalue weighted by atomic mass is 9.45. The minimum Gasteiger partial charge on any atom is -0.118 e. The lowest BCUT2D eigenvalue weighted by molar-refractivity contribution is -0.0843. The summed E-state index contributed by atoms with van der Waals surface area (Å²) in [6.07, 6.45) is 19.3. The molecular formula is C27H45Cl. The fourth-order valence-corrected chi connectivity index (χ4v) is 9.08. The lowest BCUT2D eigenvalue weighted by Gasteiger charge is -2.59. The Bertz CT molecular complexity index is 579. The summed E-state index contributed by atoms with van der Waals surface area (Å²) < 4.78 is 0. The van der Waals surface area contributed by atoms with Crippen molar-refractivity contribution in [1.29, 1.82) is 0 Å². The molecular weight excluding hydrogens is 360 g/mol. The van der Waals surface area contributed by atoms with Gasteiger partial charge in [-0.25, -0.2) is 0 Å². The van der Waals surface area contributed by atoms with E-state index in [1.165, 1.54) is 64.2 Å². The Kier molecular flexibility index (Phi) is 6.03. The predicted octanol–water partition coefficient (Wildman–Crippen LogP) is 8.49. The van der Waals surface area contributed by atoms with Gasteiger partial charge in [0.2, 0.25) is 0 Å². The summed E-state index contributed by atoms with van der Waals surface area (Å²) in [5, 5.41) is 0.283. The molecule has 3 saturated carbocycles. The molecule has 0 heterocycles. The monoisotopic (exact) mass is 404 g/mol. The van der Waals surface area contributed by atoms with Crippen molar-refractivity contribution < 1.29 is 0 Å². The Labute approximate surface area is 180 Å². The summed E-state index contributed by atoms with van der Waals surface area (Å²) >= 11 is 6.51. The smallest absolute Gasteiger partial charge is 0.0519 e. The molecule has 4 aliphatic carbocycles. The van der Waals surface area contributed by atoms with Gasteiger partial charge in [-0.3, -0.25) is 0 Å². The third-order valence-electron chi connectivity index (χ3n) is 10.3. The highest BCUT2D eigenvalue weighted by atomic mass is 35.5. The van der Waals surface area contributed by atoms with Crippen LogP contribution in [0.3, 0.4) is 0 Å². The average Bonchev–Trinajstić information content (AvgIpc) is 2.99. The van der Waals surface area contributed by atoms with Crippen molar-refractivity contribution in [2.75, 3.05) is 0 Å². The second-order valence-electron chi connectivity index (χ2n) is 12.2. The van der Waals surface area contributed by atoms with Crippen LogP contribution >= 0.6 is 11.6 Å². The van der Waals surface area contributed by atoms with Crippen LogP contribution in [0.25, 0.3) is 0 Å². The first-order chi connectivity index (χ1) is 13.3. The molecule has 4 rings (SSSR count). The van der Waals surface area contributed by atoms with Gasteiger partial charge in [-0.15, -0.1) is 11.6 Å². The first-order valence-corrected chi connectivity index (χ1v) is 13.0. The highest BCUT2D eigenvalue weighted by molar-refractivity contribution is 6.21. The number of halogens is 1. The normalized spacial score (nSPS) is 48.8. The van der Waals surface area contributed by atoms with Crippen molar-refractivity contribution in [2.45, 2.75) is 104 Å². The van der Waals surface area contributed by atoms with E-state index in [1.807, 2.05) is 0 Å². The maximum Gasteiger partial charge on any atom is 0.0519 e. The summed E-state index contributed by atoms with van der Waals surface area (Å²) in [5.41, 5.74) is 1.05. The van der Waals surface area contributed by atoms with Gasteiger partial charge < -0.3 is 0 Å². The number of fused-ring (bicyclic) bond motifs is 5. The maximum absolute atomic E-state index is 6.51. The van der Waals surface area contributed by atoms with Gasteiger partial charge in [-0.2, -0.15) is 0 Å². The van der Waals surface area contributed by atoms with Crippen molar-refractivity contribution in [3.63, 3.8) is 0 Å². The minimum absolute atomic E-state index is 0.283. The van der Waals surface area contributed by atoms with E-state index in [0.29, 0.717) is 10.8 Å². The van der Waals surface area contributed by atoms with Gasteiger partial charge in [-0.1, -0.05) is 66.0 Å². The number of rotatable bonds is 5. The molecule has 3 fully saturated rings. The van der Waals surface area contributed by atoms with Crippen LogP contribution in [0, 0.1) is 52.3 Å². The number of hydrogen-bond acceptors (Lipinski definition) is 0. The Balaban J connectivity index is 1.48. The van der Waals surface area contributed by atoms with Crippen molar-refractivity contribution in [3.8, 4) is 0 Å². The second kappa shape index (κ2) is 7.94. The molecule has 0 aromatic rings. The summed E-state index contributed by atoms with van der Waals surface area (Å²) in [6, 6.07) is 0. The van der Waals surface area contributed by atoms with Crippen LogP contribution in [0.15, 0.2) is 12.2 Å². The topological polar surface area (TPSA) is 0 Å². The van der Waals surface area contributed by atoms with Gasteiger partial charge in [-0.05, 0) is 97.2 Å². The van der Waals surface area contributed by atoms with Gasteiger partial charge in [0.1, 0.15) is 0 Å². The zero-order valence-corrected chi connectivity index (χ0v) is 20.0. The summed E-state index contributed by atoms with van der Waals surface area (Å²) in [7, 11) is 0. The molecule has 0 radical (unpaired) electrons. The van der Waals surface area contributed by atoms with E-state index in [9.17, 15) is 0 Å². The van der Waals surface area contributed by atoms with E-state index >= 15 is 0 Å². The summed E-state index contributed by atoms with van der Waals surface area (Å²) in [6.45, 7) is 12.7. The molecule has 0 aromatic heterocycles. The van der Waals surface area contributed by atoms with E-state index in [0.717, 1.165) is 41.4 Å². The Morgan fingerprint density at radius 3 is 2.50 bits per heavy atom. The largest absolute Gasteiger partial charge is 0.118 e. The highest BCUT2D eigenvalue weighted by Crippen LogP contribution is 2.67. The van der Waals surface area contributed by atoms with Crippen LogP contribution in [-0.2, 0) is 0 Å². The van der Waals surface area contributed by atoms with Gasteiger partial charge in [0.25, 0.3) is 0 Å². The van der Waals surface area contributed by atoms with Crippen LogP contribution in [-0.4, -0.2) is 5.38 Å². The average molecular weight is 405 g/mol. The molecule has 0 N–H and O–H groups in total. The van der Waals surface area contributed by atoms with Crippen LogP contribution in [0.4, 0.5) is 0 Å². The molecule has 0 bridgehead atoms. The van der Waals surface area contributed by atoms with E-state index in [1.54, 1.807) is 0 Å². The first-order valence-electron chi connectivity index (χ1n) is 12.6. The lowest BCUT2D eigenvalue weighted by Crippen LogP contribution is -2.52. The summed E-state index contributed by atoms with van der Waals surface area (Å²) in [5.74, 6) is 6.47. The molecule has 28 heavy (non-hydrogen) atoms. The summed E-state index contributed by atoms with van der Waals surface area (Å²) in [4.78, 5) is 0. The van der Waals surface area contributed by atoms with Gasteiger partial charge in [0, 0.05) is 0 Å². The quantitative estimate of drug-likeness (QED) is 0.318. The Morgan fingerprint density at radius 1 is 0.964 bits per heavy atom. The molecule has 9 atom stereocenters. The number of hydrogen-bond donors (Lipinski definition) is 0. The van der Waals surface area contributed by atoms with Crippen molar-refractivity contribution in [1.82, 2.24) is 0 Å². The fourth-order valence-electron chi connectivity index (χ4n) is 8.79. The molecule has 1 heteroatoms. The van der Waals surface area contributed by atoms with Crippen LogP contribution in [0.5, 0.6) is 0 Å². The van der Waals surface area contributed by atoms with Crippen molar-refractivity contribution in [2.24, 2.45) is 52.3 Å². The predicted molar refractivity (Wildman–Crippen MR) is 123 cm³/mol.